The number of anilines is 1. The molecule has 0 aliphatic heterocycles. The van der Waals surface area contributed by atoms with Gasteiger partial charge in [-0.25, -0.2) is 8.42 Å². The first kappa shape index (κ1) is 21.0. The number of methoxy groups -OCH3 is 1. The predicted molar refractivity (Wildman–Crippen MR) is 104 cm³/mol. The van der Waals surface area contributed by atoms with Crippen molar-refractivity contribution in [2.45, 2.75) is 17.9 Å². The summed E-state index contributed by atoms with van der Waals surface area (Å²) < 4.78 is 37.5. The molecule has 2 N–H and O–H groups in total. The van der Waals surface area contributed by atoms with Gasteiger partial charge in [0.1, 0.15) is 5.75 Å². The van der Waals surface area contributed by atoms with E-state index in [1.54, 1.807) is 31.4 Å². The molecule has 0 bridgehead atoms. The Labute approximate surface area is 163 Å². The maximum absolute atomic E-state index is 12.4. The number of sulfonamides is 1. The van der Waals surface area contributed by atoms with Gasteiger partial charge in [-0.1, -0.05) is 11.6 Å². The Hall–Kier alpha value is -2.29. The molecule has 0 aromatic heterocycles. The lowest BCUT2D eigenvalue weighted by Crippen LogP contribution is -2.38. The first-order valence-electron chi connectivity index (χ1n) is 8.09. The van der Waals surface area contributed by atoms with Crippen LogP contribution in [-0.4, -0.2) is 40.7 Å². The summed E-state index contributed by atoms with van der Waals surface area (Å²) in [4.78, 5) is 11.8. The zero-order chi connectivity index (χ0) is 19.9. The van der Waals surface area contributed by atoms with Gasteiger partial charge in [-0.15, -0.1) is 0 Å². The van der Waals surface area contributed by atoms with Crippen LogP contribution in [0.1, 0.15) is 6.92 Å². The van der Waals surface area contributed by atoms with Gasteiger partial charge in [0.15, 0.2) is 6.61 Å². The molecule has 146 valence electrons. The van der Waals surface area contributed by atoms with Gasteiger partial charge in [-0.05, 0) is 55.5 Å². The van der Waals surface area contributed by atoms with E-state index in [9.17, 15) is 13.2 Å². The average molecular weight is 413 g/mol. The average Bonchev–Trinajstić information content (AvgIpc) is 2.62. The molecule has 2 rings (SSSR count). The second-order valence-electron chi connectivity index (χ2n) is 5.80. The Morgan fingerprint density at radius 2 is 1.74 bits per heavy atom. The molecule has 9 heteroatoms. The number of benzene rings is 2. The Kier molecular flexibility index (Phi) is 7.46. The minimum atomic E-state index is -3.74. The van der Waals surface area contributed by atoms with Crippen molar-refractivity contribution in [3.63, 3.8) is 0 Å². The van der Waals surface area contributed by atoms with Crippen molar-refractivity contribution in [3.05, 3.63) is 53.6 Å². The van der Waals surface area contributed by atoms with E-state index in [-0.39, 0.29) is 23.5 Å². The molecule has 0 aliphatic rings. The number of amides is 1. The normalized spacial score (nSPS) is 12.3. The summed E-state index contributed by atoms with van der Waals surface area (Å²) in [6.07, 6.45) is 0. The van der Waals surface area contributed by atoms with Crippen LogP contribution in [0.4, 0.5) is 5.69 Å². The largest absolute Gasteiger partial charge is 0.484 e. The lowest BCUT2D eigenvalue weighted by atomic mass is 10.3. The van der Waals surface area contributed by atoms with Crippen molar-refractivity contribution in [1.29, 1.82) is 0 Å². The van der Waals surface area contributed by atoms with Gasteiger partial charge in [-0.2, -0.15) is 0 Å². The summed E-state index contributed by atoms with van der Waals surface area (Å²) in [5, 5.41) is 3.23. The first-order valence-corrected chi connectivity index (χ1v) is 9.96. The van der Waals surface area contributed by atoms with Gasteiger partial charge in [0.2, 0.25) is 0 Å². The van der Waals surface area contributed by atoms with Crippen LogP contribution in [0.2, 0.25) is 5.02 Å². The SMILES string of the molecule is COC[C@H](C)NC(=O)COc1ccc(S(=O)(=O)Nc2ccc(Cl)cc2)cc1. The van der Waals surface area contributed by atoms with Crippen molar-refractivity contribution in [2.75, 3.05) is 25.0 Å². The third-order valence-electron chi connectivity index (χ3n) is 3.42. The Balaban J connectivity index is 1.93. The molecule has 0 fully saturated rings. The van der Waals surface area contributed by atoms with Gasteiger partial charge >= 0.3 is 0 Å². The van der Waals surface area contributed by atoms with Gasteiger partial charge in [0, 0.05) is 23.9 Å². The number of hydrogen-bond acceptors (Lipinski definition) is 5. The number of carbonyl (C=O) groups excluding carboxylic acids is 1. The molecule has 1 amide bonds. The standard InChI is InChI=1S/C18H21ClN2O5S/c1-13(11-25-2)20-18(22)12-26-16-7-9-17(10-8-16)27(23,24)21-15-5-3-14(19)4-6-15/h3-10,13,21H,11-12H2,1-2H3,(H,20,22)/t13-/m0/s1. The van der Waals surface area contributed by atoms with Crippen molar-refractivity contribution in [2.24, 2.45) is 0 Å². The minimum Gasteiger partial charge on any atom is -0.484 e. The van der Waals surface area contributed by atoms with Crippen molar-refractivity contribution >= 4 is 33.2 Å². The zero-order valence-electron chi connectivity index (χ0n) is 14.9. The zero-order valence-corrected chi connectivity index (χ0v) is 16.5. The number of rotatable bonds is 9. The van der Waals surface area contributed by atoms with E-state index in [0.29, 0.717) is 23.1 Å². The summed E-state index contributed by atoms with van der Waals surface area (Å²) in [6.45, 7) is 2.04. The van der Waals surface area contributed by atoms with E-state index in [1.165, 1.54) is 24.3 Å². The maximum Gasteiger partial charge on any atom is 0.261 e. The summed E-state index contributed by atoms with van der Waals surface area (Å²) in [5.74, 6) is 0.0932. The highest BCUT2D eigenvalue weighted by atomic mass is 35.5. The van der Waals surface area contributed by atoms with Gasteiger partial charge in [0.25, 0.3) is 15.9 Å². The van der Waals surface area contributed by atoms with Gasteiger partial charge < -0.3 is 14.8 Å². The molecule has 0 radical (unpaired) electrons. The van der Waals surface area contributed by atoms with Crippen molar-refractivity contribution in [1.82, 2.24) is 5.32 Å². The molecule has 0 unspecified atom stereocenters. The highest BCUT2D eigenvalue weighted by molar-refractivity contribution is 7.92. The number of hydrogen-bond donors (Lipinski definition) is 2. The molecule has 7 nitrogen and oxygen atoms in total. The van der Waals surface area contributed by atoms with Crippen LogP contribution in [0.3, 0.4) is 0 Å². The number of carbonyl (C=O) groups is 1. The fourth-order valence-electron chi connectivity index (χ4n) is 2.20. The summed E-state index contributed by atoms with van der Waals surface area (Å²) in [7, 11) is -2.19. The topological polar surface area (TPSA) is 93.7 Å². The van der Waals surface area contributed by atoms with Crippen molar-refractivity contribution < 1.29 is 22.7 Å². The van der Waals surface area contributed by atoms with Crippen LogP contribution in [-0.2, 0) is 19.6 Å². The van der Waals surface area contributed by atoms with E-state index < -0.39 is 10.0 Å². The smallest absolute Gasteiger partial charge is 0.261 e. The van der Waals surface area contributed by atoms with Crippen LogP contribution < -0.4 is 14.8 Å². The molecule has 1 atom stereocenters. The lowest BCUT2D eigenvalue weighted by molar-refractivity contribution is -0.124. The Morgan fingerprint density at radius 1 is 1.11 bits per heavy atom. The predicted octanol–water partition coefficient (Wildman–Crippen LogP) is 2.67. The third kappa shape index (κ3) is 6.74. The minimum absolute atomic E-state index is 0.0722. The van der Waals surface area contributed by atoms with Crippen molar-refractivity contribution in [3.8, 4) is 5.75 Å². The monoisotopic (exact) mass is 412 g/mol. The first-order chi connectivity index (χ1) is 12.8. The maximum atomic E-state index is 12.4. The van der Waals surface area contributed by atoms with E-state index in [1.807, 2.05) is 6.92 Å². The summed E-state index contributed by atoms with van der Waals surface area (Å²) in [5.41, 5.74) is 0.404. The third-order valence-corrected chi connectivity index (χ3v) is 5.07. The number of nitrogens with one attached hydrogen (secondary N) is 2. The van der Waals surface area contributed by atoms with E-state index >= 15 is 0 Å². The molecule has 0 saturated carbocycles. The van der Waals surface area contributed by atoms with Crippen LogP contribution in [0.5, 0.6) is 5.75 Å². The highest BCUT2D eigenvalue weighted by Gasteiger charge is 2.14. The van der Waals surface area contributed by atoms with Gasteiger partial charge in [0.05, 0.1) is 11.5 Å². The summed E-state index contributed by atoms with van der Waals surface area (Å²) in [6, 6.07) is 12.0. The molecule has 27 heavy (non-hydrogen) atoms. The fourth-order valence-corrected chi connectivity index (χ4v) is 3.39. The molecule has 0 heterocycles. The molecule has 2 aromatic rings. The second-order valence-corrected chi connectivity index (χ2v) is 7.92. The highest BCUT2D eigenvalue weighted by Crippen LogP contribution is 2.20. The van der Waals surface area contributed by atoms with Crippen LogP contribution in [0.25, 0.3) is 0 Å². The van der Waals surface area contributed by atoms with Crippen LogP contribution >= 0.6 is 11.6 Å². The fraction of sp³-hybridized carbons (Fsp3) is 0.278. The molecular formula is C18H21ClN2O5S. The Bertz CT molecular complexity index is 854. The molecular weight excluding hydrogens is 392 g/mol. The van der Waals surface area contributed by atoms with E-state index in [2.05, 4.69) is 10.0 Å². The molecule has 0 spiro atoms. The molecule has 0 saturated heterocycles. The number of halogens is 1. The van der Waals surface area contributed by atoms with Gasteiger partial charge in [-0.3, -0.25) is 9.52 Å². The summed E-state index contributed by atoms with van der Waals surface area (Å²) >= 11 is 5.79. The molecule has 0 aliphatic carbocycles. The van der Waals surface area contributed by atoms with Crippen LogP contribution in [0, 0.1) is 0 Å². The van der Waals surface area contributed by atoms with E-state index in [4.69, 9.17) is 21.1 Å². The lowest BCUT2D eigenvalue weighted by Gasteiger charge is -2.13. The van der Waals surface area contributed by atoms with Crippen LogP contribution in [0.15, 0.2) is 53.4 Å². The second kappa shape index (κ2) is 9.59. The number of ether oxygens (including phenoxy) is 2. The molecule has 2 aromatic carbocycles. The quantitative estimate of drug-likeness (QED) is 0.660. The van der Waals surface area contributed by atoms with E-state index in [0.717, 1.165) is 0 Å². The Morgan fingerprint density at radius 3 is 2.33 bits per heavy atom.